The van der Waals surface area contributed by atoms with Crippen molar-refractivity contribution in [1.82, 2.24) is 24.4 Å². The molecule has 5 aromatic rings. The van der Waals surface area contributed by atoms with Crippen molar-refractivity contribution >= 4 is 23.5 Å². The number of aliphatic imine (C=N–C) groups is 1. The van der Waals surface area contributed by atoms with Crippen molar-refractivity contribution in [2.24, 2.45) is 4.99 Å². The average molecular weight is 679 g/mol. The van der Waals surface area contributed by atoms with E-state index in [4.69, 9.17) is 30.1 Å². The van der Waals surface area contributed by atoms with Gasteiger partial charge in [-0.3, -0.25) is 14.3 Å². The van der Waals surface area contributed by atoms with Crippen LogP contribution in [-0.2, 0) is 19.8 Å². The number of aliphatic hydroxyl groups excluding tert-OH is 1. The monoisotopic (exact) mass is 678 g/mol. The molecule has 1 aliphatic rings. The van der Waals surface area contributed by atoms with Gasteiger partial charge in [-0.1, -0.05) is 60.5 Å². The number of nitrogens with one attached hydrogen (secondary N) is 1. The van der Waals surface area contributed by atoms with E-state index in [-0.39, 0.29) is 30.3 Å². The number of rotatable bonds is 13. The number of hydrogen-bond acceptors (Lipinski definition) is 10. The van der Waals surface area contributed by atoms with Gasteiger partial charge in [-0.05, 0) is 41.0 Å². The van der Waals surface area contributed by atoms with E-state index >= 15 is 0 Å². The zero-order valence-electron chi connectivity index (χ0n) is 28.1. The number of ether oxygens (including phenoxy) is 5. The van der Waals surface area contributed by atoms with Gasteiger partial charge in [-0.15, -0.1) is 6.42 Å². The molecule has 6 rings (SSSR count). The van der Waals surface area contributed by atoms with Crippen LogP contribution in [0, 0.1) is 12.3 Å². The molecule has 50 heavy (non-hydrogen) atoms. The normalized spacial score (nSPS) is 19.1. The molecule has 0 aliphatic carbocycles. The van der Waals surface area contributed by atoms with E-state index in [1.807, 2.05) is 78.9 Å². The fourth-order valence-electron chi connectivity index (χ4n) is 6.02. The number of H-pyrrole nitrogens is 1. The third-order valence-corrected chi connectivity index (χ3v) is 8.41. The van der Waals surface area contributed by atoms with Crippen molar-refractivity contribution in [3.05, 3.63) is 112 Å². The summed E-state index contributed by atoms with van der Waals surface area (Å²) < 4.78 is 31.9. The molecule has 2 aromatic heterocycles. The minimum atomic E-state index is -1.20. The standard InChI is InChI=1S/C37H38N6O7/c1-6-20-48-32-31(44)29(50-35(32)43-23-38-30-33(43)40-36(41-34(30)45)39-22-42(2)3)21-49-37(24-10-8-7-9-11-24,25-12-16-27(46-4)17-13-25)26-14-18-28(47-5)19-15-26/h1,7-19,22-23,29,31-32,35,44H,20-21H2,2-5H3,(H,40,41,45)/b39-22+/t29-,31-,32-,35-/m1/s1. The maximum Gasteiger partial charge on any atom is 0.280 e. The lowest BCUT2D eigenvalue weighted by atomic mass is 9.80. The molecule has 2 N–H and O–H groups in total. The second kappa shape index (κ2) is 14.9. The Kier molecular flexibility index (Phi) is 10.3. The van der Waals surface area contributed by atoms with Crippen molar-refractivity contribution in [2.75, 3.05) is 41.5 Å². The van der Waals surface area contributed by atoms with Crippen molar-refractivity contribution in [2.45, 2.75) is 30.1 Å². The minimum absolute atomic E-state index is 0.0732. The van der Waals surface area contributed by atoms with Crippen LogP contribution >= 0.6 is 0 Å². The molecule has 0 unspecified atom stereocenters. The quantitative estimate of drug-likeness (QED) is 0.0820. The molecular formula is C37H38N6O7. The first kappa shape index (κ1) is 34.3. The van der Waals surface area contributed by atoms with E-state index in [0.29, 0.717) is 11.5 Å². The fraction of sp³-hybridized carbons (Fsp3) is 0.297. The summed E-state index contributed by atoms with van der Waals surface area (Å²) in [5.41, 5.74) is 1.10. The number of aromatic amines is 1. The molecule has 13 heteroatoms. The number of hydrogen-bond donors (Lipinski definition) is 2. The Morgan fingerprint density at radius 1 is 1.02 bits per heavy atom. The molecule has 1 fully saturated rings. The van der Waals surface area contributed by atoms with Gasteiger partial charge >= 0.3 is 0 Å². The Balaban J connectivity index is 1.41. The summed E-state index contributed by atoms with van der Waals surface area (Å²) >= 11 is 0. The van der Waals surface area contributed by atoms with E-state index in [0.717, 1.165) is 16.7 Å². The lowest BCUT2D eigenvalue weighted by Crippen LogP contribution is -2.40. The highest BCUT2D eigenvalue weighted by molar-refractivity contribution is 5.71. The topological polar surface area (TPSA) is 146 Å². The smallest absolute Gasteiger partial charge is 0.280 e. The molecule has 0 radical (unpaired) electrons. The summed E-state index contributed by atoms with van der Waals surface area (Å²) in [7, 11) is 6.81. The number of imidazole rings is 1. The Labute approximate surface area is 289 Å². The second-order valence-electron chi connectivity index (χ2n) is 11.8. The number of fused-ring (bicyclic) bond motifs is 1. The van der Waals surface area contributed by atoms with E-state index in [1.54, 1.807) is 37.8 Å². The Bertz CT molecular complexity index is 1970. The SMILES string of the molecule is C#CCO[C@@H]1[C@H](O)[C@@H](COC(c2ccccc2)(c2ccc(OC)cc2)c2ccc(OC)cc2)O[C@H]1n1cnc2c(=O)[nH]c(/N=C/N(C)C)nc21. The number of aliphatic hydroxyl groups is 1. The van der Waals surface area contributed by atoms with Crippen LogP contribution < -0.4 is 15.0 Å². The van der Waals surface area contributed by atoms with Crippen LogP contribution in [0.1, 0.15) is 22.9 Å². The predicted molar refractivity (Wildman–Crippen MR) is 187 cm³/mol. The molecule has 0 amide bonds. The highest BCUT2D eigenvalue weighted by Crippen LogP contribution is 2.43. The van der Waals surface area contributed by atoms with Crippen LogP contribution in [-0.4, -0.2) is 95.7 Å². The van der Waals surface area contributed by atoms with Gasteiger partial charge < -0.3 is 33.7 Å². The van der Waals surface area contributed by atoms with Crippen molar-refractivity contribution in [1.29, 1.82) is 0 Å². The Hall–Kier alpha value is -5.52. The number of benzene rings is 3. The molecule has 0 bridgehead atoms. The van der Waals surface area contributed by atoms with Crippen LogP contribution in [0.15, 0.2) is 95.0 Å². The van der Waals surface area contributed by atoms with Crippen LogP contribution in [0.4, 0.5) is 5.95 Å². The van der Waals surface area contributed by atoms with Gasteiger partial charge in [0, 0.05) is 14.1 Å². The summed E-state index contributed by atoms with van der Waals surface area (Å²) in [6.45, 7) is -0.181. The number of aromatic nitrogens is 4. The average Bonchev–Trinajstić information content (AvgIpc) is 3.71. The number of nitrogens with zero attached hydrogens (tertiary/aromatic N) is 5. The van der Waals surface area contributed by atoms with Crippen LogP contribution in [0.25, 0.3) is 11.2 Å². The zero-order chi connectivity index (χ0) is 35.3. The van der Waals surface area contributed by atoms with Gasteiger partial charge in [0.1, 0.15) is 42.0 Å². The summed E-state index contributed by atoms with van der Waals surface area (Å²) in [6, 6.07) is 25.1. The first-order valence-electron chi connectivity index (χ1n) is 15.8. The molecule has 1 aliphatic heterocycles. The largest absolute Gasteiger partial charge is 0.497 e. The van der Waals surface area contributed by atoms with Gasteiger partial charge in [0.2, 0.25) is 5.95 Å². The molecule has 13 nitrogen and oxygen atoms in total. The molecule has 258 valence electrons. The molecule has 0 saturated carbocycles. The third-order valence-electron chi connectivity index (χ3n) is 8.41. The summed E-state index contributed by atoms with van der Waals surface area (Å²) in [4.78, 5) is 30.3. The van der Waals surface area contributed by atoms with Gasteiger partial charge in [0.15, 0.2) is 17.4 Å². The van der Waals surface area contributed by atoms with E-state index < -0.39 is 35.7 Å². The third kappa shape index (κ3) is 6.70. The molecule has 3 aromatic carbocycles. The first-order valence-corrected chi connectivity index (χ1v) is 15.8. The number of terminal acetylenes is 1. The molecular weight excluding hydrogens is 640 g/mol. The highest BCUT2D eigenvalue weighted by atomic mass is 16.6. The molecule has 1 saturated heterocycles. The summed E-state index contributed by atoms with van der Waals surface area (Å²) in [6.07, 6.45) is 4.45. The lowest BCUT2D eigenvalue weighted by Gasteiger charge is -2.37. The predicted octanol–water partition coefficient (Wildman–Crippen LogP) is 3.64. The van der Waals surface area contributed by atoms with Crippen molar-refractivity contribution in [3.8, 4) is 23.8 Å². The maximum atomic E-state index is 12.9. The van der Waals surface area contributed by atoms with Crippen molar-refractivity contribution < 1.29 is 28.8 Å². The molecule has 0 spiro atoms. The maximum absolute atomic E-state index is 12.9. The fourth-order valence-corrected chi connectivity index (χ4v) is 6.02. The highest BCUT2D eigenvalue weighted by Gasteiger charge is 2.48. The summed E-state index contributed by atoms with van der Waals surface area (Å²) in [5.74, 6) is 3.91. The lowest BCUT2D eigenvalue weighted by molar-refractivity contribution is -0.0953. The van der Waals surface area contributed by atoms with Gasteiger partial charge in [-0.25, -0.2) is 9.98 Å². The molecule has 3 heterocycles. The number of methoxy groups -OCH3 is 2. The van der Waals surface area contributed by atoms with Crippen molar-refractivity contribution in [3.63, 3.8) is 0 Å². The minimum Gasteiger partial charge on any atom is -0.497 e. The Morgan fingerprint density at radius 2 is 1.64 bits per heavy atom. The second-order valence-corrected chi connectivity index (χ2v) is 11.8. The van der Waals surface area contributed by atoms with Crippen LogP contribution in [0.3, 0.4) is 0 Å². The molecule has 4 atom stereocenters. The summed E-state index contributed by atoms with van der Waals surface area (Å²) in [5, 5.41) is 11.7. The first-order chi connectivity index (χ1) is 24.3. The zero-order valence-corrected chi connectivity index (χ0v) is 28.1. The van der Waals surface area contributed by atoms with E-state index in [2.05, 4.69) is 25.9 Å². The van der Waals surface area contributed by atoms with Crippen LogP contribution in [0.5, 0.6) is 11.5 Å². The Morgan fingerprint density at radius 3 is 2.22 bits per heavy atom. The van der Waals surface area contributed by atoms with Gasteiger partial charge in [0.05, 0.1) is 33.5 Å². The van der Waals surface area contributed by atoms with Gasteiger partial charge in [-0.2, -0.15) is 4.98 Å². The van der Waals surface area contributed by atoms with Crippen LogP contribution in [0.2, 0.25) is 0 Å². The van der Waals surface area contributed by atoms with Gasteiger partial charge in [0.25, 0.3) is 5.56 Å². The van der Waals surface area contributed by atoms with E-state index in [1.165, 1.54) is 12.7 Å². The van der Waals surface area contributed by atoms with E-state index in [9.17, 15) is 9.90 Å².